The molecule has 0 atom stereocenters. The van der Waals surface area contributed by atoms with E-state index in [0.717, 1.165) is 45.1 Å². The molecule has 2 aliphatic heterocycles. The Morgan fingerprint density at radius 1 is 1.08 bits per heavy atom. The maximum absolute atomic E-state index is 5.60. The van der Waals surface area contributed by atoms with Crippen molar-refractivity contribution in [3.63, 3.8) is 0 Å². The van der Waals surface area contributed by atoms with E-state index in [4.69, 9.17) is 9.73 Å². The molecule has 0 radical (unpaired) electrons. The highest BCUT2D eigenvalue weighted by Crippen LogP contribution is 2.43. The van der Waals surface area contributed by atoms with E-state index >= 15 is 0 Å². The molecule has 1 N–H and O–H groups in total. The van der Waals surface area contributed by atoms with Crippen LogP contribution in [0.5, 0.6) is 0 Å². The van der Waals surface area contributed by atoms with Crippen LogP contribution in [0.4, 0.5) is 0 Å². The van der Waals surface area contributed by atoms with Gasteiger partial charge in [0, 0.05) is 38.4 Å². The Kier molecular flexibility index (Phi) is 8.47. The first-order valence-electron chi connectivity index (χ1n) is 10.4. The van der Waals surface area contributed by atoms with Crippen LogP contribution in [-0.4, -0.2) is 74.8 Å². The monoisotopic (exact) mass is 478 g/mol. The van der Waals surface area contributed by atoms with E-state index in [-0.39, 0.29) is 29.5 Å². The Bertz CT molecular complexity index is 457. The zero-order valence-electron chi connectivity index (χ0n) is 17.1. The zero-order chi connectivity index (χ0) is 17.8. The van der Waals surface area contributed by atoms with Crippen molar-refractivity contribution in [3.8, 4) is 0 Å². The van der Waals surface area contributed by atoms with Crippen molar-refractivity contribution in [1.82, 2.24) is 15.1 Å². The number of aliphatic imine (C=N–C) groups is 1. The molecule has 1 spiro atoms. The van der Waals surface area contributed by atoms with Crippen LogP contribution in [0.25, 0.3) is 0 Å². The van der Waals surface area contributed by atoms with Gasteiger partial charge in [-0.05, 0) is 58.5 Å². The van der Waals surface area contributed by atoms with Gasteiger partial charge in [0.25, 0.3) is 0 Å². The number of guanidine groups is 1. The topological polar surface area (TPSA) is 40.1 Å². The molecule has 0 aromatic carbocycles. The van der Waals surface area contributed by atoms with E-state index in [0.29, 0.717) is 5.41 Å². The second kappa shape index (κ2) is 9.92. The van der Waals surface area contributed by atoms with Gasteiger partial charge in [0.15, 0.2) is 5.96 Å². The Morgan fingerprint density at radius 2 is 1.77 bits per heavy atom. The van der Waals surface area contributed by atoms with Crippen LogP contribution in [0.1, 0.15) is 58.3 Å². The van der Waals surface area contributed by atoms with Crippen molar-refractivity contribution in [3.05, 3.63) is 0 Å². The van der Waals surface area contributed by atoms with Crippen molar-refractivity contribution >= 4 is 29.9 Å². The number of halogens is 1. The van der Waals surface area contributed by atoms with Gasteiger partial charge >= 0.3 is 0 Å². The standard InChI is InChI=1S/C20H38N4O.HI/c1-4-21-18(22-16-20(23(2)3)11-14-25-15-12-20)24-13-10-19(17-24)8-6-5-7-9-19;/h4-17H2,1-3H3,(H,21,22);1H. The van der Waals surface area contributed by atoms with Gasteiger partial charge in [-0.25, -0.2) is 0 Å². The molecular weight excluding hydrogens is 439 g/mol. The largest absolute Gasteiger partial charge is 0.381 e. The van der Waals surface area contributed by atoms with E-state index in [1.165, 1.54) is 51.6 Å². The number of nitrogens with one attached hydrogen (secondary N) is 1. The molecule has 2 saturated heterocycles. The summed E-state index contributed by atoms with van der Waals surface area (Å²) in [7, 11) is 4.39. The highest BCUT2D eigenvalue weighted by Gasteiger charge is 2.40. The molecule has 1 aliphatic carbocycles. The lowest BCUT2D eigenvalue weighted by atomic mass is 9.73. The van der Waals surface area contributed by atoms with E-state index in [2.05, 4.69) is 36.1 Å². The number of likely N-dealkylation sites (N-methyl/N-ethyl adjacent to an activating group) is 1. The molecule has 3 rings (SSSR count). The van der Waals surface area contributed by atoms with E-state index in [9.17, 15) is 0 Å². The normalized spacial score (nSPS) is 25.4. The lowest BCUT2D eigenvalue weighted by molar-refractivity contribution is -0.00263. The fraction of sp³-hybridized carbons (Fsp3) is 0.950. The van der Waals surface area contributed by atoms with Gasteiger partial charge in [-0.2, -0.15) is 0 Å². The molecule has 2 heterocycles. The number of ether oxygens (including phenoxy) is 1. The quantitative estimate of drug-likeness (QED) is 0.382. The summed E-state index contributed by atoms with van der Waals surface area (Å²) in [6.45, 7) is 8.09. The number of hydrogen-bond donors (Lipinski definition) is 1. The van der Waals surface area contributed by atoms with Crippen molar-refractivity contribution in [2.24, 2.45) is 10.4 Å². The minimum atomic E-state index is 0. The van der Waals surface area contributed by atoms with Crippen LogP contribution in [0.2, 0.25) is 0 Å². The highest BCUT2D eigenvalue weighted by molar-refractivity contribution is 14.0. The molecule has 3 fully saturated rings. The van der Waals surface area contributed by atoms with Crippen LogP contribution < -0.4 is 5.32 Å². The Morgan fingerprint density at radius 3 is 2.38 bits per heavy atom. The molecule has 0 amide bonds. The molecule has 152 valence electrons. The minimum Gasteiger partial charge on any atom is -0.381 e. The van der Waals surface area contributed by atoms with Gasteiger partial charge in [0.2, 0.25) is 0 Å². The van der Waals surface area contributed by atoms with Gasteiger partial charge in [-0.1, -0.05) is 19.3 Å². The van der Waals surface area contributed by atoms with E-state index in [1.807, 2.05) is 0 Å². The first-order chi connectivity index (χ1) is 12.1. The van der Waals surface area contributed by atoms with E-state index in [1.54, 1.807) is 0 Å². The Labute approximate surface area is 177 Å². The summed E-state index contributed by atoms with van der Waals surface area (Å²) in [5.41, 5.74) is 0.730. The van der Waals surface area contributed by atoms with Gasteiger partial charge in [-0.3, -0.25) is 4.99 Å². The van der Waals surface area contributed by atoms with E-state index < -0.39 is 0 Å². The molecule has 1 saturated carbocycles. The third kappa shape index (κ3) is 5.04. The number of nitrogens with zero attached hydrogens (tertiary/aromatic N) is 3. The lowest BCUT2D eigenvalue weighted by Crippen LogP contribution is -2.52. The summed E-state index contributed by atoms with van der Waals surface area (Å²) in [5, 5.41) is 3.57. The smallest absolute Gasteiger partial charge is 0.193 e. The van der Waals surface area contributed by atoms with Crippen molar-refractivity contribution in [2.45, 2.75) is 63.8 Å². The van der Waals surface area contributed by atoms with Crippen LogP contribution in [0.15, 0.2) is 4.99 Å². The molecule has 0 aromatic heterocycles. The first kappa shape index (κ1) is 22.2. The van der Waals surface area contributed by atoms with Crippen molar-refractivity contribution < 1.29 is 4.74 Å². The number of rotatable bonds is 4. The zero-order valence-corrected chi connectivity index (χ0v) is 19.4. The predicted octanol–water partition coefficient (Wildman–Crippen LogP) is 3.34. The third-order valence-corrected chi connectivity index (χ3v) is 6.88. The Hall–Kier alpha value is -0.0800. The Balaban J connectivity index is 0.00000243. The highest BCUT2D eigenvalue weighted by atomic mass is 127. The van der Waals surface area contributed by atoms with Gasteiger partial charge < -0.3 is 19.9 Å². The van der Waals surface area contributed by atoms with Gasteiger partial charge in [0.05, 0.1) is 6.54 Å². The fourth-order valence-electron chi connectivity index (χ4n) is 4.97. The second-order valence-electron chi connectivity index (χ2n) is 8.63. The van der Waals surface area contributed by atoms with Crippen LogP contribution in [0.3, 0.4) is 0 Å². The minimum absolute atomic E-state index is 0. The summed E-state index contributed by atoms with van der Waals surface area (Å²) in [5.74, 6) is 1.14. The summed E-state index contributed by atoms with van der Waals surface area (Å²) >= 11 is 0. The average Bonchev–Trinajstić information content (AvgIpc) is 3.03. The number of hydrogen-bond acceptors (Lipinski definition) is 3. The molecule has 0 unspecified atom stereocenters. The molecule has 6 heteroatoms. The number of likely N-dealkylation sites (tertiary alicyclic amines) is 1. The molecule has 5 nitrogen and oxygen atoms in total. The van der Waals surface area contributed by atoms with Gasteiger partial charge in [-0.15, -0.1) is 24.0 Å². The predicted molar refractivity (Wildman–Crippen MR) is 120 cm³/mol. The molecule has 0 bridgehead atoms. The first-order valence-corrected chi connectivity index (χ1v) is 10.4. The van der Waals surface area contributed by atoms with Crippen LogP contribution in [0, 0.1) is 5.41 Å². The molecular formula is C20H39IN4O. The van der Waals surface area contributed by atoms with Crippen LogP contribution >= 0.6 is 24.0 Å². The summed E-state index contributed by atoms with van der Waals surface area (Å²) in [6, 6.07) is 0. The van der Waals surface area contributed by atoms with Crippen molar-refractivity contribution in [2.75, 3.05) is 53.5 Å². The summed E-state index contributed by atoms with van der Waals surface area (Å²) < 4.78 is 5.60. The molecule has 26 heavy (non-hydrogen) atoms. The van der Waals surface area contributed by atoms with Gasteiger partial charge in [0.1, 0.15) is 0 Å². The maximum atomic E-state index is 5.60. The van der Waals surface area contributed by atoms with Crippen molar-refractivity contribution in [1.29, 1.82) is 0 Å². The van der Waals surface area contributed by atoms with Crippen LogP contribution in [-0.2, 0) is 4.74 Å². The maximum Gasteiger partial charge on any atom is 0.193 e. The molecule has 0 aromatic rings. The third-order valence-electron chi connectivity index (χ3n) is 6.88. The molecule has 3 aliphatic rings. The summed E-state index contributed by atoms with van der Waals surface area (Å²) in [4.78, 5) is 10.0. The average molecular weight is 478 g/mol. The lowest BCUT2D eigenvalue weighted by Gasteiger charge is -2.42. The summed E-state index contributed by atoms with van der Waals surface area (Å²) in [6.07, 6.45) is 10.6. The fourth-order valence-corrected chi connectivity index (χ4v) is 4.97. The second-order valence-corrected chi connectivity index (χ2v) is 8.63. The SMILES string of the molecule is CCNC(=NCC1(N(C)C)CCOCC1)N1CCC2(CCCCC2)C1.I.